The van der Waals surface area contributed by atoms with E-state index in [0.717, 1.165) is 5.69 Å². The second-order valence-electron chi connectivity index (χ2n) is 5.97. The Labute approximate surface area is 125 Å². The van der Waals surface area contributed by atoms with Gasteiger partial charge in [-0.15, -0.1) is 0 Å². The van der Waals surface area contributed by atoms with E-state index in [1.165, 1.54) is 7.11 Å². The fourth-order valence-electron chi connectivity index (χ4n) is 2.65. The maximum atomic E-state index is 12.6. The highest BCUT2D eigenvalue weighted by atomic mass is 16.5. The molecule has 5 nitrogen and oxygen atoms in total. The molecular weight excluding hydrogens is 268 g/mol. The highest BCUT2D eigenvalue weighted by Crippen LogP contribution is 2.32. The maximum absolute atomic E-state index is 12.6. The molecule has 1 saturated heterocycles. The molecule has 0 N–H and O–H groups in total. The zero-order chi connectivity index (χ0) is 15.6. The summed E-state index contributed by atoms with van der Waals surface area (Å²) in [6.07, 6.45) is 0.638. The lowest BCUT2D eigenvalue weighted by atomic mass is 9.90. The Morgan fingerprint density at radius 2 is 2.05 bits per heavy atom. The Morgan fingerprint density at radius 3 is 2.67 bits per heavy atom. The number of hydrogen-bond donors (Lipinski definition) is 0. The van der Waals surface area contributed by atoms with Crippen molar-refractivity contribution in [3.63, 3.8) is 0 Å². The average Bonchev–Trinajstić information content (AvgIpc) is 2.89. The number of amides is 1. The van der Waals surface area contributed by atoms with Crippen LogP contribution in [0.1, 0.15) is 23.7 Å². The van der Waals surface area contributed by atoms with E-state index in [-0.39, 0.29) is 11.9 Å². The van der Waals surface area contributed by atoms with E-state index in [9.17, 15) is 9.59 Å². The van der Waals surface area contributed by atoms with E-state index in [2.05, 4.69) is 0 Å². The lowest BCUT2D eigenvalue weighted by molar-refractivity contribution is -0.150. The van der Waals surface area contributed by atoms with E-state index in [0.29, 0.717) is 25.1 Å². The van der Waals surface area contributed by atoms with Crippen molar-refractivity contribution in [2.45, 2.75) is 13.3 Å². The first-order chi connectivity index (χ1) is 9.87. The highest BCUT2D eigenvalue weighted by Gasteiger charge is 2.43. The number of nitrogens with zero attached hydrogens (tertiary/aromatic N) is 2. The monoisotopic (exact) mass is 290 g/mol. The summed E-state index contributed by atoms with van der Waals surface area (Å²) >= 11 is 0. The summed E-state index contributed by atoms with van der Waals surface area (Å²) in [5.74, 6) is -0.286. The quantitative estimate of drug-likeness (QED) is 0.796. The van der Waals surface area contributed by atoms with Gasteiger partial charge in [-0.25, -0.2) is 0 Å². The van der Waals surface area contributed by atoms with Crippen molar-refractivity contribution < 1.29 is 14.3 Å². The zero-order valence-corrected chi connectivity index (χ0v) is 13.0. The zero-order valence-electron chi connectivity index (χ0n) is 13.0. The van der Waals surface area contributed by atoms with Gasteiger partial charge in [0.05, 0.1) is 12.5 Å². The summed E-state index contributed by atoms with van der Waals surface area (Å²) < 4.78 is 4.84. The molecule has 1 unspecified atom stereocenters. The van der Waals surface area contributed by atoms with Crippen LogP contribution in [0, 0.1) is 5.41 Å². The number of rotatable bonds is 3. The lowest BCUT2D eigenvalue weighted by Gasteiger charge is -2.22. The van der Waals surface area contributed by atoms with Gasteiger partial charge in [0.15, 0.2) is 0 Å². The fourth-order valence-corrected chi connectivity index (χ4v) is 2.65. The molecule has 1 aliphatic rings. The van der Waals surface area contributed by atoms with Crippen LogP contribution in [0.15, 0.2) is 24.3 Å². The highest BCUT2D eigenvalue weighted by molar-refractivity contribution is 5.96. The second kappa shape index (κ2) is 5.76. The molecule has 1 aromatic carbocycles. The van der Waals surface area contributed by atoms with Crippen LogP contribution in [0.2, 0.25) is 0 Å². The summed E-state index contributed by atoms with van der Waals surface area (Å²) in [6, 6.07) is 7.51. The van der Waals surface area contributed by atoms with Crippen molar-refractivity contribution in [1.29, 1.82) is 0 Å². The van der Waals surface area contributed by atoms with Gasteiger partial charge in [0.25, 0.3) is 5.91 Å². The Morgan fingerprint density at radius 1 is 1.33 bits per heavy atom. The third-order valence-corrected chi connectivity index (χ3v) is 4.05. The van der Waals surface area contributed by atoms with E-state index < -0.39 is 5.41 Å². The van der Waals surface area contributed by atoms with Crippen LogP contribution in [-0.2, 0) is 9.53 Å². The molecule has 5 heteroatoms. The van der Waals surface area contributed by atoms with Crippen molar-refractivity contribution in [2.75, 3.05) is 39.2 Å². The fraction of sp³-hybridized carbons (Fsp3) is 0.500. The molecule has 1 fully saturated rings. The minimum absolute atomic E-state index is 0.0358. The van der Waals surface area contributed by atoms with E-state index >= 15 is 0 Å². The van der Waals surface area contributed by atoms with Crippen molar-refractivity contribution in [1.82, 2.24) is 4.90 Å². The first-order valence-electron chi connectivity index (χ1n) is 7.02. The van der Waals surface area contributed by atoms with Crippen molar-refractivity contribution in [3.05, 3.63) is 29.8 Å². The molecule has 1 aliphatic heterocycles. The molecule has 1 amide bonds. The van der Waals surface area contributed by atoms with Gasteiger partial charge in [-0.2, -0.15) is 0 Å². The Kier molecular flexibility index (Phi) is 4.21. The number of hydrogen-bond acceptors (Lipinski definition) is 4. The SMILES string of the molecule is COC(=O)C1(C)CCN(C(=O)c2cccc(N(C)C)c2)C1. The Balaban J connectivity index is 2.15. The predicted molar refractivity (Wildman–Crippen MR) is 81.4 cm³/mol. The summed E-state index contributed by atoms with van der Waals surface area (Å²) in [5.41, 5.74) is 1.04. The first-order valence-corrected chi connectivity index (χ1v) is 7.02. The number of anilines is 1. The second-order valence-corrected chi connectivity index (χ2v) is 5.97. The smallest absolute Gasteiger partial charge is 0.313 e. The van der Waals surface area contributed by atoms with Gasteiger partial charge in [0, 0.05) is 38.4 Å². The van der Waals surface area contributed by atoms with Crippen LogP contribution in [0.25, 0.3) is 0 Å². The number of carbonyl (C=O) groups is 2. The number of methoxy groups -OCH3 is 1. The van der Waals surface area contributed by atoms with Crippen LogP contribution in [0.5, 0.6) is 0 Å². The van der Waals surface area contributed by atoms with Crippen LogP contribution in [-0.4, -0.2) is 51.1 Å². The predicted octanol–water partition coefficient (Wildman–Crippen LogP) is 1.78. The molecule has 2 rings (SSSR count). The van der Waals surface area contributed by atoms with Crippen LogP contribution >= 0.6 is 0 Å². The van der Waals surface area contributed by atoms with Gasteiger partial charge in [-0.1, -0.05) is 6.07 Å². The molecule has 0 aliphatic carbocycles. The van der Waals surface area contributed by atoms with Gasteiger partial charge < -0.3 is 14.5 Å². The van der Waals surface area contributed by atoms with E-state index in [1.54, 1.807) is 4.90 Å². The van der Waals surface area contributed by atoms with Gasteiger partial charge in [0.1, 0.15) is 0 Å². The maximum Gasteiger partial charge on any atom is 0.313 e. The number of ether oxygens (including phenoxy) is 1. The molecule has 1 atom stereocenters. The molecule has 0 bridgehead atoms. The number of esters is 1. The number of carbonyl (C=O) groups excluding carboxylic acids is 2. The van der Waals surface area contributed by atoms with Crippen molar-refractivity contribution in [3.8, 4) is 0 Å². The third kappa shape index (κ3) is 3.01. The van der Waals surface area contributed by atoms with Crippen molar-refractivity contribution in [2.24, 2.45) is 5.41 Å². The average molecular weight is 290 g/mol. The van der Waals surface area contributed by atoms with Crippen molar-refractivity contribution >= 4 is 17.6 Å². The standard InChI is InChI=1S/C16H22N2O3/c1-16(15(20)21-4)8-9-18(11-16)14(19)12-6-5-7-13(10-12)17(2)3/h5-7,10H,8-9,11H2,1-4H3. The van der Waals surface area contributed by atoms with Crippen LogP contribution in [0.3, 0.4) is 0 Å². The minimum atomic E-state index is -0.594. The summed E-state index contributed by atoms with van der Waals surface area (Å²) in [4.78, 5) is 28.1. The topological polar surface area (TPSA) is 49.9 Å². The van der Waals surface area contributed by atoms with Crippen LogP contribution < -0.4 is 4.90 Å². The normalized spacial score (nSPS) is 21.2. The number of likely N-dealkylation sites (tertiary alicyclic amines) is 1. The molecule has 114 valence electrons. The molecule has 0 radical (unpaired) electrons. The van der Waals surface area contributed by atoms with Gasteiger partial charge in [0.2, 0.25) is 0 Å². The lowest BCUT2D eigenvalue weighted by Crippen LogP contribution is -2.35. The molecule has 21 heavy (non-hydrogen) atoms. The van der Waals surface area contributed by atoms with Crippen LogP contribution in [0.4, 0.5) is 5.69 Å². The molecule has 0 saturated carbocycles. The van der Waals surface area contributed by atoms with Gasteiger partial charge >= 0.3 is 5.97 Å². The Hall–Kier alpha value is -2.04. The summed E-state index contributed by atoms with van der Waals surface area (Å²) in [7, 11) is 5.26. The van der Waals surface area contributed by atoms with E-state index in [4.69, 9.17) is 4.74 Å². The number of benzene rings is 1. The molecule has 0 spiro atoms. The summed E-state index contributed by atoms with van der Waals surface area (Å²) in [5, 5.41) is 0. The molecule has 1 aromatic rings. The summed E-state index contributed by atoms with van der Waals surface area (Å²) in [6.45, 7) is 2.84. The van der Waals surface area contributed by atoms with Gasteiger partial charge in [-0.05, 0) is 31.5 Å². The largest absolute Gasteiger partial charge is 0.469 e. The Bertz CT molecular complexity index is 556. The molecular formula is C16H22N2O3. The molecule has 1 heterocycles. The molecule has 0 aromatic heterocycles. The third-order valence-electron chi connectivity index (χ3n) is 4.05. The first kappa shape index (κ1) is 15.4. The minimum Gasteiger partial charge on any atom is -0.469 e. The van der Waals surface area contributed by atoms with Gasteiger partial charge in [-0.3, -0.25) is 9.59 Å². The van der Waals surface area contributed by atoms with E-state index in [1.807, 2.05) is 50.2 Å².